The van der Waals surface area contributed by atoms with Crippen molar-refractivity contribution in [3.63, 3.8) is 0 Å². The summed E-state index contributed by atoms with van der Waals surface area (Å²) in [5, 5.41) is 0.399. The molecule has 3 rings (SSSR count). The lowest BCUT2D eigenvalue weighted by molar-refractivity contribution is 0.103. The molecule has 0 aliphatic heterocycles. The zero-order chi connectivity index (χ0) is 19.6. The van der Waals surface area contributed by atoms with Crippen LogP contribution < -0.4 is 4.31 Å². The molecule has 4 nitrogen and oxygen atoms in total. The molecule has 0 aromatic heterocycles. The summed E-state index contributed by atoms with van der Waals surface area (Å²) in [4.78, 5) is 12.4. The lowest BCUT2D eigenvalue weighted by Gasteiger charge is -2.20. The molecule has 27 heavy (non-hydrogen) atoms. The van der Waals surface area contributed by atoms with E-state index in [9.17, 15) is 13.2 Å². The Hall–Kier alpha value is -2.34. The minimum Gasteiger partial charge on any atom is -0.289 e. The molecule has 0 aliphatic rings. The van der Waals surface area contributed by atoms with Crippen LogP contribution in [-0.4, -0.2) is 21.2 Å². The Morgan fingerprint density at radius 1 is 0.852 bits per heavy atom. The van der Waals surface area contributed by atoms with Crippen molar-refractivity contribution in [2.45, 2.75) is 4.90 Å². The number of halogens is 2. The van der Waals surface area contributed by atoms with Gasteiger partial charge in [0.1, 0.15) is 4.90 Å². The molecule has 0 saturated carbocycles. The molecule has 3 aromatic carbocycles. The fourth-order valence-electron chi connectivity index (χ4n) is 2.55. The highest BCUT2D eigenvalue weighted by Gasteiger charge is 2.24. The van der Waals surface area contributed by atoms with E-state index in [0.717, 1.165) is 4.31 Å². The van der Waals surface area contributed by atoms with Crippen LogP contribution in [0.3, 0.4) is 0 Å². The summed E-state index contributed by atoms with van der Waals surface area (Å²) in [6, 6.07) is 19.4. The third-order valence-electron chi connectivity index (χ3n) is 4.06. The third kappa shape index (κ3) is 4.00. The summed E-state index contributed by atoms with van der Waals surface area (Å²) in [5.41, 5.74) is 1.45. The van der Waals surface area contributed by atoms with Crippen molar-refractivity contribution in [2.75, 3.05) is 11.4 Å². The van der Waals surface area contributed by atoms with Gasteiger partial charge in [-0.25, -0.2) is 8.42 Å². The van der Waals surface area contributed by atoms with Gasteiger partial charge in [-0.15, -0.1) is 0 Å². The molecule has 0 spiro atoms. The number of benzene rings is 3. The van der Waals surface area contributed by atoms with Crippen LogP contribution in [0.25, 0.3) is 0 Å². The van der Waals surface area contributed by atoms with Crippen molar-refractivity contribution in [2.24, 2.45) is 0 Å². The van der Waals surface area contributed by atoms with E-state index in [2.05, 4.69) is 0 Å². The summed E-state index contributed by atoms with van der Waals surface area (Å²) in [7, 11) is -2.44. The molecular formula is C20H15Cl2NO3S. The van der Waals surface area contributed by atoms with Crippen LogP contribution in [0.1, 0.15) is 15.9 Å². The molecular weight excluding hydrogens is 405 g/mol. The van der Waals surface area contributed by atoms with Crippen LogP contribution in [-0.2, 0) is 10.0 Å². The maximum absolute atomic E-state index is 12.8. The Labute approximate surface area is 168 Å². The fraction of sp³-hybridized carbons (Fsp3) is 0.0500. The van der Waals surface area contributed by atoms with Gasteiger partial charge in [-0.3, -0.25) is 9.10 Å². The van der Waals surface area contributed by atoms with Crippen molar-refractivity contribution < 1.29 is 13.2 Å². The monoisotopic (exact) mass is 419 g/mol. The molecule has 7 heteroatoms. The van der Waals surface area contributed by atoms with E-state index in [1.807, 2.05) is 6.07 Å². The summed E-state index contributed by atoms with van der Waals surface area (Å²) in [6.45, 7) is 0. The van der Waals surface area contributed by atoms with Crippen LogP contribution in [0.15, 0.2) is 77.7 Å². The highest BCUT2D eigenvalue weighted by atomic mass is 35.5. The van der Waals surface area contributed by atoms with Crippen LogP contribution in [0.5, 0.6) is 0 Å². The molecule has 0 unspecified atom stereocenters. The minimum absolute atomic E-state index is 0.0412. The highest BCUT2D eigenvalue weighted by molar-refractivity contribution is 7.93. The van der Waals surface area contributed by atoms with Gasteiger partial charge >= 0.3 is 0 Å². The summed E-state index contributed by atoms with van der Waals surface area (Å²) in [6.07, 6.45) is 0. The van der Waals surface area contributed by atoms with Crippen molar-refractivity contribution in [1.29, 1.82) is 0 Å². The number of hydrogen-bond donors (Lipinski definition) is 0. The average Bonchev–Trinajstić information content (AvgIpc) is 2.67. The maximum atomic E-state index is 12.8. The topological polar surface area (TPSA) is 54.5 Å². The number of carbonyl (C=O) groups is 1. The Kier molecular flexibility index (Phi) is 5.56. The molecule has 3 aromatic rings. The van der Waals surface area contributed by atoms with Crippen molar-refractivity contribution in [1.82, 2.24) is 0 Å². The largest absolute Gasteiger partial charge is 0.289 e. The van der Waals surface area contributed by atoms with Crippen LogP contribution in [0.4, 0.5) is 5.69 Å². The minimum atomic E-state index is -3.87. The van der Waals surface area contributed by atoms with Gasteiger partial charge in [-0.1, -0.05) is 53.5 Å². The van der Waals surface area contributed by atoms with E-state index < -0.39 is 10.0 Å². The normalized spacial score (nSPS) is 11.2. The first-order chi connectivity index (χ1) is 12.8. The Morgan fingerprint density at radius 2 is 1.44 bits per heavy atom. The molecule has 0 heterocycles. The van der Waals surface area contributed by atoms with Gasteiger partial charge in [-0.05, 0) is 42.5 Å². The molecule has 138 valence electrons. The van der Waals surface area contributed by atoms with Gasteiger partial charge in [0.05, 0.1) is 10.7 Å². The number of carbonyl (C=O) groups excluding carboxylic acids is 1. The van der Waals surface area contributed by atoms with Gasteiger partial charge < -0.3 is 0 Å². The van der Waals surface area contributed by atoms with E-state index in [0.29, 0.717) is 21.8 Å². The zero-order valence-electron chi connectivity index (χ0n) is 14.3. The van der Waals surface area contributed by atoms with Gasteiger partial charge in [0, 0.05) is 23.2 Å². The molecule has 0 amide bonds. The standard InChI is InChI=1S/C20H15Cl2NO3S/c1-23(27(25,26)19-12-9-16(21)13-18(19)22)17-10-7-15(8-11-17)20(24)14-5-3-2-4-6-14/h2-13H,1H3. The lowest BCUT2D eigenvalue weighted by atomic mass is 10.0. The highest BCUT2D eigenvalue weighted by Crippen LogP contribution is 2.29. The summed E-state index contributed by atoms with van der Waals surface area (Å²) < 4.78 is 26.8. The molecule has 0 bridgehead atoms. The predicted molar refractivity (Wildman–Crippen MR) is 108 cm³/mol. The maximum Gasteiger partial charge on any atom is 0.265 e. The molecule has 0 N–H and O–H groups in total. The molecule has 0 aliphatic carbocycles. The second kappa shape index (κ2) is 7.72. The van der Waals surface area contributed by atoms with Crippen molar-refractivity contribution in [3.8, 4) is 0 Å². The SMILES string of the molecule is CN(c1ccc(C(=O)c2ccccc2)cc1)S(=O)(=O)c1ccc(Cl)cc1Cl. The lowest BCUT2D eigenvalue weighted by Crippen LogP contribution is -2.26. The van der Waals surface area contributed by atoms with Crippen LogP contribution in [0, 0.1) is 0 Å². The van der Waals surface area contributed by atoms with E-state index in [4.69, 9.17) is 23.2 Å². The number of rotatable bonds is 5. The first kappa shape index (κ1) is 19.4. The average molecular weight is 420 g/mol. The van der Waals surface area contributed by atoms with Gasteiger partial charge in [-0.2, -0.15) is 0 Å². The van der Waals surface area contributed by atoms with Crippen LogP contribution >= 0.6 is 23.2 Å². The number of nitrogens with zero attached hydrogens (tertiary/aromatic N) is 1. The molecule has 0 radical (unpaired) electrons. The molecule has 0 fully saturated rings. The Bertz CT molecular complexity index is 1080. The number of ketones is 1. The second-order valence-corrected chi connectivity index (χ2v) is 8.57. The Morgan fingerprint density at radius 3 is 2.04 bits per heavy atom. The Balaban J connectivity index is 1.89. The van der Waals surface area contributed by atoms with Crippen LogP contribution in [0.2, 0.25) is 10.0 Å². The molecule has 0 atom stereocenters. The number of anilines is 1. The first-order valence-corrected chi connectivity index (χ1v) is 10.1. The fourth-order valence-corrected chi connectivity index (χ4v) is 4.49. The smallest absolute Gasteiger partial charge is 0.265 e. The van der Waals surface area contributed by atoms with Gasteiger partial charge in [0.2, 0.25) is 0 Å². The predicted octanol–water partition coefficient (Wildman–Crippen LogP) is 5.05. The van der Waals surface area contributed by atoms with Crippen molar-refractivity contribution >= 4 is 44.7 Å². The second-order valence-electron chi connectivity index (χ2n) is 5.79. The number of sulfonamides is 1. The summed E-state index contributed by atoms with van der Waals surface area (Å²) >= 11 is 11.9. The summed E-state index contributed by atoms with van der Waals surface area (Å²) in [5.74, 6) is -0.131. The first-order valence-electron chi connectivity index (χ1n) is 7.94. The van der Waals surface area contributed by atoms with Gasteiger partial charge in [0.25, 0.3) is 10.0 Å². The quantitative estimate of drug-likeness (QED) is 0.543. The van der Waals surface area contributed by atoms with E-state index in [1.165, 1.54) is 25.2 Å². The number of hydrogen-bond acceptors (Lipinski definition) is 3. The van der Waals surface area contributed by atoms with E-state index >= 15 is 0 Å². The zero-order valence-corrected chi connectivity index (χ0v) is 16.6. The van der Waals surface area contributed by atoms with Crippen molar-refractivity contribution in [3.05, 3.63) is 94.0 Å². The third-order valence-corrected chi connectivity index (χ3v) is 6.57. The van der Waals surface area contributed by atoms with E-state index in [-0.39, 0.29) is 15.7 Å². The molecule has 0 saturated heterocycles. The van der Waals surface area contributed by atoms with E-state index in [1.54, 1.807) is 48.5 Å². The van der Waals surface area contributed by atoms with Gasteiger partial charge in [0.15, 0.2) is 5.78 Å².